The van der Waals surface area contributed by atoms with Gasteiger partial charge in [0.05, 0.1) is 6.54 Å². The SMILES string of the molecule is Cc1oc(CN(C)C(=O)c2cccc(OCC(F)(F)F)n2)cc1C(=O)O. The predicted molar refractivity (Wildman–Crippen MR) is 82.0 cm³/mol. The number of furan rings is 1. The number of rotatable bonds is 6. The molecule has 2 rings (SSSR count). The average Bonchev–Trinajstić information content (AvgIpc) is 2.92. The van der Waals surface area contributed by atoms with Crippen molar-refractivity contribution in [1.29, 1.82) is 0 Å². The monoisotopic (exact) mass is 372 g/mol. The van der Waals surface area contributed by atoms with E-state index in [1.807, 2.05) is 0 Å². The van der Waals surface area contributed by atoms with Gasteiger partial charge in [0.1, 0.15) is 22.8 Å². The highest BCUT2D eigenvalue weighted by Crippen LogP contribution is 2.19. The Kier molecular flexibility index (Phi) is 5.53. The maximum Gasteiger partial charge on any atom is 0.422 e. The minimum atomic E-state index is -4.52. The Bertz CT molecular complexity index is 816. The Hall–Kier alpha value is -3.04. The minimum Gasteiger partial charge on any atom is -0.478 e. The van der Waals surface area contributed by atoms with E-state index in [0.717, 1.165) is 0 Å². The summed E-state index contributed by atoms with van der Waals surface area (Å²) in [7, 11) is 1.42. The molecule has 0 saturated carbocycles. The Morgan fingerprint density at radius 1 is 1.35 bits per heavy atom. The van der Waals surface area contributed by atoms with Crippen LogP contribution in [0.15, 0.2) is 28.7 Å². The van der Waals surface area contributed by atoms with E-state index in [4.69, 9.17) is 9.52 Å². The van der Waals surface area contributed by atoms with Gasteiger partial charge in [-0.2, -0.15) is 13.2 Å². The maximum absolute atomic E-state index is 12.4. The zero-order chi connectivity index (χ0) is 19.5. The van der Waals surface area contributed by atoms with Crippen molar-refractivity contribution in [1.82, 2.24) is 9.88 Å². The highest BCUT2D eigenvalue weighted by Gasteiger charge is 2.29. The fourth-order valence-electron chi connectivity index (χ4n) is 2.11. The predicted octanol–water partition coefficient (Wildman–Crippen LogP) is 2.89. The first-order chi connectivity index (χ1) is 12.1. The highest BCUT2D eigenvalue weighted by atomic mass is 19.4. The molecule has 0 atom stereocenters. The second kappa shape index (κ2) is 7.46. The van der Waals surface area contributed by atoms with Crippen LogP contribution >= 0.6 is 0 Å². The third kappa shape index (κ3) is 4.98. The smallest absolute Gasteiger partial charge is 0.422 e. The number of hydrogen-bond donors (Lipinski definition) is 1. The van der Waals surface area contributed by atoms with E-state index in [0.29, 0.717) is 0 Å². The van der Waals surface area contributed by atoms with Gasteiger partial charge < -0.3 is 19.2 Å². The van der Waals surface area contributed by atoms with Gasteiger partial charge in [-0.1, -0.05) is 6.07 Å². The normalized spacial score (nSPS) is 11.3. The van der Waals surface area contributed by atoms with Crippen LogP contribution in [0.5, 0.6) is 5.88 Å². The molecule has 26 heavy (non-hydrogen) atoms. The van der Waals surface area contributed by atoms with Crippen LogP contribution in [-0.2, 0) is 6.54 Å². The van der Waals surface area contributed by atoms with Crippen molar-refractivity contribution < 1.29 is 37.0 Å². The molecule has 0 spiro atoms. The molecule has 0 aromatic carbocycles. The fourth-order valence-corrected chi connectivity index (χ4v) is 2.11. The summed E-state index contributed by atoms with van der Waals surface area (Å²) in [6.07, 6.45) is -4.52. The molecule has 0 unspecified atom stereocenters. The summed E-state index contributed by atoms with van der Waals surface area (Å²) < 4.78 is 46.3. The number of ether oxygens (including phenoxy) is 1. The van der Waals surface area contributed by atoms with Crippen LogP contribution in [0.2, 0.25) is 0 Å². The average molecular weight is 372 g/mol. The number of hydrogen-bond acceptors (Lipinski definition) is 5. The number of aryl methyl sites for hydroxylation is 1. The van der Waals surface area contributed by atoms with Crippen LogP contribution in [0.3, 0.4) is 0 Å². The summed E-state index contributed by atoms with van der Waals surface area (Å²) in [5, 5.41) is 8.99. The van der Waals surface area contributed by atoms with Gasteiger partial charge >= 0.3 is 12.1 Å². The number of aromatic carboxylic acids is 1. The van der Waals surface area contributed by atoms with Gasteiger partial charge in [-0.3, -0.25) is 4.79 Å². The van der Waals surface area contributed by atoms with Crippen molar-refractivity contribution in [2.24, 2.45) is 0 Å². The number of pyridine rings is 1. The molecule has 0 aliphatic carbocycles. The molecule has 0 saturated heterocycles. The molecular formula is C16H15F3N2O5. The van der Waals surface area contributed by atoms with E-state index in [-0.39, 0.29) is 35.2 Å². The number of alkyl halides is 3. The van der Waals surface area contributed by atoms with E-state index >= 15 is 0 Å². The van der Waals surface area contributed by atoms with E-state index in [9.17, 15) is 22.8 Å². The number of carbonyl (C=O) groups is 2. The number of carboxylic acid groups (broad SMARTS) is 1. The van der Waals surface area contributed by atoms with E-state index < -0.39 is 24.7 Å². The maximum atomic E-state index is 12.4. The summed E-state index contributed by atoms with van der Waals surface area (Å²) in [6, 6.07) is 5.18. The van der Waals surface area contributed by atoms with Crippen LogP contribution < -0.4 is 4.74 Å². The largest absolute Gasteiger partial charge is 0.478 e. The summed E-state index contributed by atoms with van der Waals surface area (Å²) in [4.78, 5) is 28.3. The fraction of sp³-hybridized carbons (Fsp3) is 0.312. The number of halogens is 3. The molecule has 140 valence electrons. The number of carbonyl (C=O) groups excluding carboxylic acids is 1. The lowest BCUT2D eigenvalue weighted by Crippen LogP contribution is -2.27. The molecular weight excluding hydrogens is 357 g/mol. The van der Waals surface area contributed by atoms with Crippen molar-refractivity contribution in [2.75, 3.05) is 13.7 Å². The molecule has 0 aliphatic rings. The molecule has 0 radical (unpaired) electrons. The summed E-state index contributed by atoms with van der Waals surface area (Å²) in [6.45, 7) is -0.0722. The summed E-state index contributed by atoms with van der Waals surface area (Å²) in [5.74, 6) is -1.62. The third-order valence-electron chi connectivity index (χ3n) is 3.27. The highest BCUT2D eigenvalue weighted by molar-refractivity contribution is 5.92. The van der Waals surface area contributed by atoms with Crippen LogP contribution in [0.1, 0.15) is 32.4 Å². The van der Waals surface area contributed by atoms with E-state index in [1.165, 1.54) is 43.1 Å². The number of amides is 1. The first kappa shape index (κ1) is 19.3. The molecule has 0 fully saturated rings. The molecule has 0 bridgehead atoms. The molecule has 1 amide bonds. The first-order valence-electron chi connectivity index (χ1n) is 7.31. The second-order valence-electron chi connectivity index (χ2n) is 5.41. The van der Waals surface area contributed by atoms with Crippen molar-refractivity contribution in [3.05, 3.63) is 47.0 Å². The van der Waals surface area contributed by atoms with Crippen molar-refractivity contribution in [2.45, 2.75) is 19.6 Å². The van der Waals surface area contributed by atoms with Gasteiger partial charge in [-0.25, -0.2) is 9.78 Å². The van der Waals surface area contributed by atoms with E-state index in [2.05, 4.69) is 9.72 Å². The van der Waals surface area contributed by atoms with Gasteiger partial charge in [0.15, 0.2) is 6.61 Å². The molecule has 0 aliphatic heterocycles. The minimum absolute atomic E-state index is 0.0125. The number of nitrogens with zero attached hydrogens (tertiary/aromatic N) is 2. The number of carboxylic acids is 1. The standard InChI is InChI=1S/C16H15F3N2O5/c1-9-11(15(23)24)6-10(26-9)7-21(2)14(22)12-4-3-5-13(20-12)25-8-16(17,18)19/h3-6H,7-8H2,1-2H3,(H,23,24). The number of aromatic nitrogens is 1. The van der Waals surface area contributed by atoms with Gasteiger partial charge in [0, 0.05) is 13.1 Å². The first-order valence-corrected chi connectivity index (χ1v) is 7.31. The summed E-state index contributed by atoms with van der Waals surface area (Å²) >= 11 is 0. The van der Waals surface area contributed by atoms with Crippen LogP contribution in [0.4, 0.5) is 13.2 Å². The Morgan fingerprint density at radius 3 is 2.62 bits per heavy atom. The lowest BCUT2D eigenvalue weighted by molar-refractivity contribution is -0.154. The van der Waals surface area contributed by atoms with Gasteiger partial charge in [0.2, 0.25) is 5.88 Å². The van der Waals surface area contributed by atoms with Crippen LogP contribution in [0.25, 0.3) is 0 Å². The molecule has 2 aromatic rings. The lowest BCUT2D eigenvalue weighted by atomic mass is 10.2. The Labute approximate surface area is 146 Å². The molecule has 10 heteroatoms. The third-order valence-corrected chi connectivity index (χ3v) is 3.27. The quantitative estimate of drug-likeness (QED) is 0.838. The molecule has 7 nitrogen and oxygen atoms in total. The van der Waals surface area contributed by atoms with Crippen molar-refractivity contribution in [3.8, 4) is 5.88 Å². The van der Waals surface area contributed by atoms with Crippen molar-refractivity contribution in [3.63, 3.8) is 0 Å². The molecule has 2 aromatic heterocycles. The van der Waals surface area contributed by atoms with Gasteiger partial charge in [-0.05, 0) is 19.1 Å². The van der Waals surface area contributed by atoms with Crippen LogP contribution in [0, 0.1) is 6.92 Å². The Morgan fingerprint density at radius 2 is 2.04 bits per heavy atom. The topological polar surface area (TPSA) is 92.9 Å². The van der Waals surface area contributed by atoms with Crippen molar-refractivity contribution >= 4 is 11.9 Å². The lowest BCUT2D eigenvalue weighted by Gasteiger charge is -2.15. The van der Waals surface area contributed by atoms with E-state index in [1.54, 1.807) is 0 Å². The zero-order valence-corrected chi connectivity index (χ0v) is 13.8. The molecule has 2 heterocycles. The van der Waals surface area contributed by atoms with Crippen LogP contribution in [-0.4, -0.2) is 46.7 Å². The second-order valence-corrected chi connectivity index (χ2v) is 5.41. The van der Waals surface area contributed by atoms with Gasteiger partial charge in [0.25, 0.3) is 5.91 Å². The summed E-state index contributed by atoms with van der Waals surface area (Å²) in [5.41, 5.74) is -0.129. The zero-order valence-electron chi connectivity index (χ0n) is 13.8. The molecule has 1 N–H and O–H groups in total. The Balaban J connectivity index is 2.08. The van der Waals surface area contributed by atoms with Gasteiger partial charge in [-0.15, -0.1) is 0 Å².